The average Bonchev–Trinajstić information content (AvgIpc) is 3.33. The first-order valence-electron chi connectivity index (χ1n) is 11.2. The molecule has 3 aromatic rings. The van der Waals surface area contributed by atoms with Crippen LogP contribution in [0.3, 0.4) is 0 Å². The first-order chi connectivity index (χ1) is 17.4. The van der Waals surface area contributed by atoms with Crippen molar-refractivity contribution in [2.45, 2.75) is 25.7 Å². The zero-order valence-electron chi connectivity index (χ0n) is 19.9. The minimum absolute atomic E-state index is 0.0307. The van der Waals surface area contributed by atoms with Crippen molar-refractivity contribution in [3.63, 3.8) is 0 Å². The Labute approximate surface area is 212 Å². The monoisotopic (exact) mass is 540 g/mol. The van der Waals surface area contributed by atoms with Crippen LogP contribution in [-0.2, 0) is 24.7 Å². The third kappa shape index (κ3) is 6.03. The standard InChI is InChI=1S/C25H24F4N2O5S/c1-24(13-25(24,28)29)14-35-22-11-23(32)31(2)12-18(22)17-9-15(7-8-30-37(33)34)3-5-20(17)36-21-6-4-16(26)10-19(21)27/h3-6,9-12,30H,7-8,13-14H2,1-2H3,(H,33,34). The smallest absolute Gasteiger partial charge is 0.257 e. The molecule has 12 heteroatoms. The summed E-state index contributed by atoms with van der Waals surface area (Å²) in [5, 5.41) is 0. The van der Waals surface area contributed by atoms with Crippen molar-refractivity contribution in [1.29, 1.82) is 0 Å². The highest BCUT2D eigenvalue weighted by Gasteiger charge is 2.68. The molecule has 2 aromatic carbocycles. The Bertz CT molecular complexity index is 1410. The van der Waals surface area contributed by atoms with Gasteiger partial charge >= 0.3 is 0 Å². The molecular weight excluding hydrogens is 516 g/mol. The van der Waals surface area contributed by atoms with E-state index in [0.717, 1.165) is 12.1 Å². The van der Waals surface area contributed by atoms with Gasteiger partial charge in [0.15, 0.2) is 11.6 Å². The van der Waals surface area contributed by atoms with E-state index >= 15 is 0 Å². The van der Waals surface area contributed by atoms with Crippen LogP contribution in [0.4, 0.5) is 17.6 Å². The second-order valence-electron chi connectivity index (χ2n) is 9.13. The Morgan fingerprint density at radius 1 is 1.08 bits per heavy atom. The predicted molar refractivity (Wildman–Crippen MR) is 129 cm³/mol. The first-order valence-corrected chi connectivity index (χ1v) is 12.3. The molecule has 1 saturated carbocycles. The molecule has 0 aliphatic heterocycles. The summed E-state index contributed by atoms with van der Waals surface area (Å²) < 4.78 is 90.3. The van der Waals surface area contributed by atoms with E-state index in [-0.39, 0.29) is 36.8 Å². The van der Waals surface area contributed by atoms with Gasteiger partial charge in [-0.1, -0.05) is 13.0 Å². The Morgan fingerprint density at radius 3 is 2.43 bits per heavy atom. The third-order valence-corrected chi connectivity index (χ3v) is 6.65. The maximum atomic E-state index is 14.4. The van der Waals surface area contributed by atoms with Crippen molar-refractivity contribution in [2.75, 3.05) is 13.2 Å². The van der Waals surface area contributed by atoms with E-state index in [4.69, 9.17) is 14.0 Å². The van der Waals surface area contributed by atoms with Gasteiger partial charge in [-0.2, -0.15) is 0 Å². The number of nitrogens with zero attached hydrogens (tertiary/aromatic N) is 1. The van der Waals surface area contributed by atoms with Gasteiger partial charge in [-0.3, -0.25) is 9.35 Å². The lowest BCUT2D eigenvalue weighted by Crippen LogP contribution is -2.20. The number of halogens is 4. The Hall–Kier alpha value is -3.22. The topological polar surface area (TPSA) is 89.8 Å². The molecule has 1 fully saturated rings. The lowest BCUT2D eigenvalue weighted by molar-refractivity contribution is 0.0499. The second-order valence-corrected chi connectivity index (χ2v) is 9.92. The molecule has 0 bridgehead atoms. The van der Waals surface area contributed by atoms with Gasteiger partial charge in [0.05, 0.1) is 12.0 Å². The van der Waals surface area contributed by atoms with E-state index in [2.05, 4.69) is 4.72 Å². The summed E-state index contributed by atoms with van der Waals surface area (Å²) in [7, 11) is 1.50. The number of alkyl halides is 2. The Kier molecular flexibility index (Phi) is 7.45. The van der Waals surface area contributed by atoms with Crippen LogP contribution >= 0.6 is 0 Å². The molecule has 37 heavy (non-hydrogen) atoms. The average molecular weight is 541 g/mol. The summed E-state index contributed by atoms with van der Waals surface area (Å²) in [6, 6.07) is 8.82. The van der Waals surface area contributed by atoms with Crippen molar-refractivity contribution in [3.8, 4) is 28.4 Å². The highest BCUT2D eigenvalue weighted by atomic mass is 32.2. The molecule has 0 saturated heterocycles. The molecule has 7 nitrogen and oxygen atoms in total. The maximum Gasteiger partial charge on any atom is 0.257 e. The van der Waals surface area contributed by atoms with E-state index in [0.29, 0.717) is 29.2 Å². The summed E-state index contributed by atoms with van der Waals surface area (Å²) in [5.74, 6) is -4.70. The van der Waals surface area contributed by atoms with Crippen LogP contribution in [-0.4, -0.2) is 32.4 Å². The van der Waals surface area contributed by atoms with E-state index in [1.54, 1.807) is 12.1 Å². The van der Waals surface area contributed by atoms with Crippen molar-refractivity contribution in [3.05, 3.63) is 76.2 Å². The molecule has 2 N–H and O–H groups in total. The van der Waals surface area contributed by atoms with Crippen LogP contribution < -0.4 is 19.8 Å². The van der Waals surface area contributed by atoms with Crippen molar-refractivity contribution < 1.29 is 35.8 Å². The predicted octanol–water partition coefficient (Wildman–Crippen LogP) is 4.82. The van der Waals surface area contributed by atoms with E-state index in [1.807, 2.05) is 0 Å². The largest absolute Gasteiger partial charge is 0.492 e. The number of pyridine rings is 1. The number of rotatable bonds is 10. The van der Waals surface area contributed by atoms with Gasteiger partial charge in [0.1, 0.15) is 17.3 Å². The Morgan fingerprint density at radius 2 is 1.78 bits per heavy atom. The molecule has 0 spiro atoms. The highest BCUT2D eigenvalue weighted by molar-refractivity contribution is 7.77. The number of nitrogens with one attached hydrogen (secondary N) is 1. The normalized spacial score (nSPS) is 18.9. The maximum absolute atomic E-state index is 14.4. The second kappa shape index (κ2) is 10.3. The van der Waals surface area contributed by atoms with Gasteiger partial charge < -0.3 is 14.0 Å². The van der Waals surface area contributed by atoms with Crippen molar-refractivity contribution >= 4 is 11.3 Å². The number of benzene rings is 2. The fourth-order valence-electron chi connectivity index (χ4n) is 3.77. The molecule has 4 rings (SSSR count). The molecule has 1 aliphatic carbocycles. The van der Waals surface area contributed by atoms with Crippen LogP contribution in [0, 0.1) is 17.0 Å². The highest BCUT2D eigenvalue weighted by Crippen LogP contribution is 2.60. The molecule has 1 heterocycles. The zero-order chi connectivity index (χ0) is 27.0. The molecule has 1 aliphatic rings. The van der Waals surface area contributed by atoms with Crippen LogP contribution in [0.1, 0.15) is 18.9 Å². The van der Waals surface area contributed by atoms with E-state index in [9.17, 15) is 26.6 Å². The fourth-order valence-corrected chi connectivity index (χ4v) is 4.04. The summed E-state index contributed by atoms with van der Waals surface area (Å²) >= 11 is -2.20. The fraction of sp³-hybridized carbons (Fsp3) is 0.320. The summed E-state index contributed by atoms with van der Waals surface area (Å²) in [4.78, 5) is 12.4. The van der Waals surface area contributed by atoms with Gasteiger partial charge in [0, 0.05) is 49.5 Å². The van der Waals surface area contributed by atoms with Crippen LogP contribution in [0.2, 0.25) is 0 Å². The third-order valence-electron chi connectivity index (χ3n) is 6.19. The molecule has 0 radical (unpaired) electrons. The van der Waals surface area contributed by atoms with E-state index in [1.165, 1.54) is 36.9 Å². The lowest BCUT2D eigenvalue weighted by Gasteiger charge is -2.19. The number of aromatic nitrogens is 1. The number of ether oxygens (including phenoxy) is 2. The molecule has 1 aromatic heterocycles. The number of hydrogen-bond acceptors (Lipinski definition) is 4. The van der Waals surface area contributed by atoms with Crippen LogP contribution in [0.5, 0.6) is 17.2 Å². The quantitative estimate of drug-likeness (QED) is 0.285. The molecule has 0 amide bonds. The van der Waals surface area contributed by atoms with Gasteiger partial charge in [0.25, 0.3) is 11.5 Å². The molecule has 2 unspecified atom stereocenters. The van der Waals surface area contributed by atoms with Gasteiger partial charge in [-0.05, 0) is 36.2 Å². The number of hydrogen-bond donors (Lipinski definition) is 2. The molecule has 198 valence electrons. The SMILES string of the molecule is Cn1cc(-c2cc(CCNS(=O)O)ccc2Oc2ccc(F)cc2F)c(OCC2(C)CC2(F)F)cc1=O. The van der Waals surface area contributed by atoms with Crippen molar-refractivity contribution in [2.24, 2.45) is 12.5 Å². The molecule has 2 atom stereocenters. The number of aryl methyl sites for hydroxylation is 1. The first kappa shape index (κ1) is 26.8. The summed E-state index contributed by atoms with van der Waals surface area (Å²) in [6.07, 6.45) is 1.42. The van der Waals surface area contributed by atoms with Gasteiger partial charge in [-0.15, -0.1) is 0 Å². The van der Waals surface area contributed by atoms with Crippen LogP contribution in [0.15, 0.2) is 53.5 Å². The Balaban J connectivity index is 1.76. The molecular formula is C25H24F4N2O5S. The minimum atomic E-state index is -2.87. The zero-order valence-corrected chi connectivity index (χ0v) is 20.7. The van der Waals surface area contributed by atoms with Gasteiger partial charge in [0.2, 0.25) is 11.3 Å². The lowest BCUT2D eigenvalue weighted by atomic mass is 10.0. The summed E-state index contributed by atoms with van der Waals surface area (Å²) in [6.45, 7) is 1.20. The van der Waals surface area contributed by atoms with Crippen LogP contribution in [0.25, 0.3) is 11.1 Å². The minimum Gasteiger partial charge on any atom is -0.492 e. The summed E-state index contributed by atoms with van der Waals surface area (Å²) in [5.41, 5.74) is -0.475. The van der Waals surface area contributed by atoms with Crippen molar-refractivity contribution in [1.82, 2.24) is 9.29 Å². The van der Waals surface area contributed by atoms with Gasteiger partial charge in [-0.25, -0.2) is 26.5 Å². The van der Waals surface area contributed by atoms with E-state index < -0.39 is 39.8 Å².